The van der Waals surface area contributed by atoms with Crippen LogP contribution < -0.4 is 0 Å². The number of ether oxygens (including phenoxy) is 1. The number of aromatic nitrogens is 1. The van der Waals surface area contributed by atoms with Gasteiger partial charge >= 0.3 is 5.97 Å². The summed E-state index contributed by atoms with van der Waals surface area (Å²) in [7, 11) is 0. The second-order valence-corrected chi connectivity index (χ2v) is 5.45. The van der Waals surface area contributed by atoms with Gasteiger partial charge in [0.2, 0.25) is 0 Å². The van der Waals surface area contributed by atoms with E-state index in [1.165, 1.54) is 12.1 Å². The van der Waals surface area contributed by atoms with E-state index in [1.54, 1.807) is 13.1 Å². The molecule has 1 N–H and O–H groups in total. The molecule has 3 aromatic rings. The fraction of sp³-hybridized carbons (Fsp3) is 0.167. The molecule has 0 spiro atoms. The number of H-pyrrole nitrogens is 1. The molecule has 1 atom stereocenters. The van der Waals surface area contributed by atoms with E-state index < -0.39 is 23.7 Å². The molecule has 1 aromatic heterocycles. The van der Waals surface area contributed by atoms with Crippen LogP contribution >= 0.6 is 0 Å². The summed E-state index contributed by atoms with van der Waals surface area (Å²) in [5, 5.41) is 0.779. The first-order valence-corrected chi connectivity index (χ1v) is 7.25. The van der Waals surface area contributed by atoms with Gasteiger partial charge in [0.05, 0.1) is 5.56 Å². The van der Waals surface area contributed by atoms with E-state index >= 15 is 0 Å². The smallest absolute Gasteiger partial charge is 0.340 e. The maximum atomic E-state index is 13.2. The molecule has 118 valence electrons. The third kappa shape index (κ3) is 3.39. The van der Waals surface area contributed by atoms with Crippen molar-refractivity contribution in [3.63, 3.8) is 0 Å². The first-order chi connectivity index (χ1) is 11.0. The molecule has 0 saturated carbocycles. The second-order valence-electron chi connectivity index (χ2n) is 5.45. The van der Waals surface area contributed by atoms with E-state index in [2.05, 4.69) is 4.98 Å². The highest BCUT2D eigenvalue weighted by molar-refractivity contribution is 6.04. The molecule has 0 unspecified atom stereocenters. The predicted octanol–water partition coefficient (Wildman–Crippen LogP) is 4.23. The van der Waals surface area contributed by atoms with Gasteiger partial charge in [0.25, 0.3) is 0 Å². The highest BCUT2D eigenvalue weighted by Crippen LogP contribution is 2.20. The van der Waals surface area contributed by atoms with Gasteiger partial charge in [-0.25, -0.2) is 13.6 Å². The Kier molecular flexibility index (Phi) is 4.10. The SMILES string of the molecule is C[C@@H](Cc1cc(F)cc(F)c1)OC(=O)c1c[nH]c2ccccc12. The number of benzene rings is 2. The number of nitrogens with one attached hydrogen (secondary N) is 1. The van der Waals surface area contributed by atoms with E-state index in [9.17, 15) is 13.6 Å². The molecule has 0 fully saturated rings. The van der Waals surface area contributed by atoms with Gasteiger partial charge in [0, 0.05) is 29.6 Å². The van der Waals surface area contributed by atoms with Gasteiger partial charge < -0.3 is 9.72 Å². The Morgan fingerprint density at radius 1 is 1.17 bits per heavy atom. The van der Waals surface area contributed by atoms with Crippen LogP contribution in [0.3, 0.4) is 0 Å². The lowest BCUT2D eigenvalue weighted by molar-refractivity contribution is 0.0345. The lowest BCUT2D eigenvalue weighted by Crippen LogP contribution is -2.17. The number of carbonyl (C=O) groups excluding carboxylic acids is 1. The molecule has 0 saturated heterocycles. The van der Waals surface area contributed by atoms with Gasteiger partial charge in [-0.1, -0.05) is 18.2 Å². The van der Waals surface area contributed by atoms with Crippen LogP contribution in [-0.4, -0.2) is 17.1 Å². The number of esters is 1. The summed E-state index contributed by atoms with van der Waals surface area (Å²) in [5.41, 5.74) is 1.74. The molecule has 0 radical (unpaired) electrons. The molecule has 0 aliphatic carbocycles. The minimum Gasteiger partial charge on any atom is -0.459 e. The van der Waals surface area contributed by atoms with Crippen molar-refractivity contribution in [2.24, 2.45) is 0 Å². The highest BCUT2D eigenvalue weighted by Gasteiger charge is 2.17. The molecule has 3 nitrogen and oxygen atoms in total. The molecule has 1 heterocycles. The van der Waals surface area contributed by atoms with Crippen molar-refractivity contribution in [1.82, 2.24) is 4.98 Å². The number of halogens is 2. The number of aromatic amines is 1. The molecule has 23 heavy (non-hydrogen) atoms. The first-order valence-electron chi connectivity index (χ1n) is 7.25. The normalized spacial score (nSPS) is 12.3. The maximum Gasteiger partial charge on any atom is 0.340 e. The highest BCUT2D eigenvalue weighted by atomic mass is 19.1. The summed E-state index contributed by atoms with van der Waals surface area (Å²) in [6.07, 6.45) is 1.34. The molecular formula is C18H15F2NO2. The average molecular weight is 315 g/mol. The van der Waals surface area contributed by atoms with E-state index in [4.69, 9.17) is 4.74 Å². The van der Waals surface area contributed by atoms with Gasteiger partial charge in [-0.15, -0.1) is 0 Å². The second kappa shape index (κ2) is 6.20. The van der Waals surface area contributed by atoms with Crippen LogP contribution in [0.5, 0.6) is 0 Å². The predicted molar refractivity (Wildman–Crippen MR) is 83.2 cm³/mol. The van der Waals surface area contributed by atoms with Crippen LogP contribution in [0.25, 0.3) is 10.9 Å². The number of hydrogen-bond donors (Lipinski definition) is 1. The van der Waals surface area contributed by atoms with Gasteiger partial charge in [-0.2, -0.15) is 0 Å². The van der Waals surface area contributed by atoms with Crippen LogP contribution in [0.4, 0.5) is 8.78 Å². The zero-order valence-electron chi connectivity index (χ0n) is 12.5. The molecule has 0 amide bonds. The summed E-state index contributed by atoms with van der Waals surface area (Å²) in [4.78, 5) is 15.3. The third-order valence-corrected chi connectivity index (χ3v) is 3.56. The van der Waals surface area contributed by atoms with Crippen molar-refractivity contribution >= 4 is 16.9 Å². The Labute approximate surface area is 131 Å². The molecule has 5 heteroatoms. The zero-order chi connectivity index (χ0) is 16.4. The summed E-state index contributed by atoms with van der Waals surface area (Å²) in [5.74, 6) is -1.75. The van der Waals surface area contributed by atoms with Crippen molar-refractivity contribution in [2.45, 2.75) is 19.4 Å². The quantitative estimate of drug-likeness (QED) is 0.732. The average Bonchev–Trinajstić information content (AvgIpc) is 2.89. The van der Waals surface area contributed by atoms with Crippen molar-refractivity contribution in [3.8, 4) is 0 Å². The van der Waals surface area contributed by atoms with Crippen LogP contribution in [-0.2, 0) is 11.2 Å². The number of para-hydroxylation sites is 1. The van der Waals surface area contributed by atoms with Crippen LogP contribution in [0.15, 0.2) is 48.7 Å². The summed E-state index contributed by atoms with van der Waals surface area (Å²) in [6, 6.07) is 10.7. The summed E-state index contributed by atoms with van der Waals surface area (Å²) in [6.45, 7) is 1.69. The van der Waals surface area contributed by atoms with Crippen molar-refractivity contribution < 1.29 is 18.3 Å². The number of carbonyl (C=O) groups is 1. The van der Waals surface area contributed by atoms with Gasteiger partial charge in [0.1, 0.15) is 17.7 Å². The fourth-order valence-electron chi connectivity index (χ4n) is 2.59. The molecule has 2 aromatic carbocycles. The Hall–Kier alpha value is -2.69. The Morgan fingerprint density at radius 3 is 2.61 bits per heavy atom. The Morgan fingerprint density at radius 2 is 1.87 bits per heavy atom. The van der Waals surface area contributed by atoms with Crippen molar-refractivity contribution in [1.29, 1.82) is 0 Å². The van der Waals surface area contributed by atoms with Crippen LogP contribution in [0.1, 0.15) is 22.8 Å². The van der Waals surface area contributed by atoms with Gasteiger partial charge in [-0.3, -0.25) is 0 Å². The van der Waals surface area contributed by atoms with Crippen molar-refractivity contribution in [3.05, 3.63) is 71.4 Å². The van der Waals surface area contributed by atoms with E-state index in [1.807, 2.05) is 24.3 Å². The molecule has 3 rings (SSSR count). The fourth-order valence-corrected chi connectivity index (χ4v) is 2.59. The molecule has 0 bridgehead atoms. The Bertz CT molecular complexity index is 837. The summed E-state index contributed by atoms with van der Waals surface area (Å²) < 4.78 is 31.8. The number of hydrogen-bond acceptors (Lipinski definition) is 2. The van der Waals surface area contributed by atoms with Crippen molar-refractivity contribution in [2.75, 3.05) is 0 Å². The molecule has 0 aliphatic heterocycles. The largest absolute Gasteiger partial charge is 0.459 e. The standard InChI is InChI=1S/C18H15F2NO2/c1-11(6-12-7-13(19)9-14(20)8-12)23-18(22)16-10-21-17-5-3-2-4-15(16)17/h2-5,7-11,21H,6H2,1H3/t11-/m0/s1. The van der Waals surface area contributed by atoms with Crippen LogP contribution in [0, 0.1) is 11.6 Å². The topological polar surface area (TPSA) is 42.1 Å². The van der Waals surface area contributed by atoms with E-state index in [-0.39, 0.29) is 6.42 Å². The molecular weight excluding hydrogens is 300 g/mol. The lowest BCUT2D eigenvalue weighted by Gasteiger charge is -2.13. The molecule has 0 aliphatic rings. The summed E-state index contributed by atoms with van der Waals surface area (Å²) >= 11 is 0. The van der Waals surface area contributed by atoms with Gasteiger partial charge in [-0.05, 0) is 30.7 Å². The van der Waals surface area contributed by atoms with Gasteiger partial charge in [0.15, 0.2) is 0 Å². The third-order valence-electron chi connectivity index (χ3n) is 3.56. The minimum atomic E-state index is -0.643. The van der Waals surface area contributed by atoms with Crippen LogP contribution in [0.2, 0.25) is 0 Å². The lowest BCUT2D eigenvalue weighted by atomic mass is 10.1. The maximum absolute atomic E-state index is 13.2. The first kappa shape index (κ1) is 15.2. The zero-order valence-corrected chi connectivity index (χ0v) is 12.5. The van der Waals surface area contributed by atoms with E-state index in [0.717, 1.165) is 17.0 Å². The number of fused-ring (bicyclic) bond motifs is 1. The minimum absolute atomic E-state index is 0.239. The number of rotatable bonds is 4. The van der Waals surface area contributed by atoms with E-state index in [0.29, 0.717) is 11.1 Å². The monoisotopic (exact) mass is 315 g/mol. The Balaban J connectivity index is 1.72.